The van der Waals surface area contributed by atoms with Crippen LogP contribution in [-0.2, 0) is 0 Å². The zero-order valence-electron chi connectivity index (χ0n) is 6.21. The number of hydrogen-bond donors (Lipinski definition) is 1. The highest BCUT2D eigenvalue weighted by Crippen LogP contribution is 2.11. The fourth-order valence-electron chi connectivity index (χ4n) is 1.16. The van der Waals surface area contributed by atoms with Gasteiger partial charge in [0, 0.05) is 25.5 Å². The molecular formula is C8H10N2O. The molecular weight excluding hydrogens is 140 g/mol. The van der Waals surface area contributed by atoms with Crippen molar-refractivity contribution in [3.05, 3.63) is 24.0 Å². The average molecular weight is 150 g/mol. The number of rotatable bonds is 1. The molecule has 0 aliphatic carbocycles. The number of amides is 1. The Hall–Kier alpha value is -1.25. The van der Waals surface area contributed by atoms with Gasteiger partial charge in [-0.15, -0.1) is 0 Å². The molecule has 1 saturated heterocycles. The molecule has 2 heterocycles. The van der Waals surface area contributed by atoms with Crippen LogP contribution in [0.15, 0.2) is 18.5 Å². The first kappa shape index (κ1) is 6.46. The first-order chi connectivity index (χ1) is 5.38. The number of hydrogen-bond acceptors (Lipinski definition) is 1. The van der Waals surface area contributed by atoms with Crippen molar-refractivity contribution < 1.29 is 4.79 Å². The summed E-state index contributed by atoms with van der Waals surface area (Å²) in [5, 5.41) is 0. The van der Waals surface area contributed by atoms with Gasteiger partial charge in [0.25, 0.3) is 5.91 Å². The van der Waals surface area contributed by atoms with Gasteiger partial charge in [0.15, 0.2) is 0 Å². The summed E-state index contributed by atoms with van der Waals surface area (Å²) in [6, 6.07) is 1.81. The van der Waals surface area contributed by atoms with E-state index in [9.17, 15) is 4.79 Å². The van der Waals surface area contributed by atoms with Crippen LogP contribution in [0.1, 0.15) is 16.8 Å². The maximum absolute atomic E-state index is 11.4. The van der Waals surface area contributed by atoms with Crippen molar-refractivity contribution in [3.63, 3.8) is 0 Å². The minimum atomic E-state index is 0.150. The highest BCUT2D eigenvalue weighted by molar-refractivity contribution is 5.94. The van der Waals surface area contributed by atoms with Gasteiger partial charge in [-0.3, -0.25) is 4.79 Å². The summed E-state index contributed by atoms with van der Waals surface area (Å²) in [6.45, 7) is 1.84. The zero-order valence-corrected chi connectivity index (χ0v) is 6.21. The molecule has 1 aliphatic heterocycles. The predicted octanol–water partition coefficient (Wildman–Crippen LogP) is 0.861. The summed E-state index contributed by atoms with van der Waals surface area (Å²) in [7, 11) is 0. The van der Waals surface area contributed by atoms with Crippen LogP contribution in [0.5, 0.6) is 0 Å². The second-order valence-electron chi connectivity index (χ2n) is 2.75. The molecule has 0 spiro atoms. The topological polar surface area (TPSA) is 36.1 Å². The van der Waals surface area contributed by atoms with E-state index in [0.717, 1.165) is 25.1 Å². The van der Waals surface area contributed by atoms with E-state index >= 15 is 0 Å². The number of carbonyl (C=O) groups is 1. The Balaban J connectivity index is 2.10. The van der Waals surface area contributed by atoms with Crippen LogP contribution in [0.2, 0.25) is 0 Å². The molecule has 1 aromatic rings. The van der Waals surface area contributed by atoms with Crippen molar-refractivity contribution >= 4 is 5.91 Å². The molecule has 58 valence electrons. The molecule has 1 aromatic heterocycles. The van der Waals surface area contributed by atoms with Gasteiger partial charge in [0.2, 0.25) is 0 Å². The number of aromatic nitrogens is 1. The van der Waals surface area contributed by atoms with Crippen molar-refractivity contribution in [2.45, 2.75) is 6.42 Å². The Bertz CT molecular complexity index is 249. The van der Waals surface area contributed by atoms with Gasteiger partial charge in [-0.2, -0.15) is 0 Å². The summed E-state index contributed by atoms with van der Waals surface area (Å²) < 4.78 is 0. The Labute approximate surface area is 65.0 Å². The third kappa shape index (κ3) is 1.02. The molecule has 1 aliphatic rings. The van der Waals surface area contributed by atoms with Gasteiger partial charge in [-0.1, -0.05) is 0 Å². The molecule has 0 unspecified atom stereocenters. The van der Waals surface area contributed by atoms with Crippen molar-refractivity contribution in [1.82, 2.24) is 9.88 Å². The maximum Gasteiger partial charge on any atom is 0.255 e. The largest absolute Gasteiger partial charge is 0.367 e. The molecule has 1 fully saturated rings. The maximum atomic E-state index is 11.4. The molecule has 0 saturated carbocycles. The summed E-state index contributed by atoms with van der Waals surface area (Å²) >= 11 is 0. The highest BCUT2D eigenvalue weighted by Gasteiger charge is 2.21. The second-order valence-corrected chi connectivity index (χ2v) is 2.75. The summed E-state index contributed by atoms with van der Waals surface area (Å²) in [5.74, 6) is 0.150. The third-order valence-corrected chi connectivity index (χ3v) is 1.99. The molecule has 3 heteroatoms. The summed E-state index contributed by atoms with van der Waals surface area (Å²) in [4.78, 5) is 16.1. The van der Waals surface area contributed by atoms with Crippen molar-refractivity contribution in [3.8, 4) is 0 Å². The van der Waals surface area contributed by atoms with Gasteiger partial charge in [0.1, 0.15) is 0 Å². The summed E-state index contributed by atoms with van der Waals surface area (Å²) in [6.07, 6.45) is 4.66. The van der Waals surface area contributed by atoms with E-state index in [0.29, 0.717) is 0 Å². The minimum Gasteiger partial charge on any atom is -0.367 e. The lowest BCUT2D eigenvalue weighted by Gasteiger charge is -2.30. The third-order valence-electron chi connectivity index (χ3n) is 1.99. The van der Waals surface area contributed by atoms with Crippen molar-refractivity contribution in [2.75, 3.05) is 13.1 Å². The quantitative estimate of drug-likeness (QED) is 0.633. The van der Waals surface area contributed by atoms with Crippen LogP contribution in [-0.4, -0.2) is 28.9 Å². The lowest BCUT2D eigenvalue weighted by molar-refractivity contribution is 0.0652. The SMILES string of the molecule is O=C(c1cc[nH]c1)N1CCC1. The Kier molecular flexibility index (Phi) is 1.42. The van der Waals surface area contributed by atoms with Crippen molar-refractivity contribution in [2.24, 2.45) is 0 Å². The average Bonchev–Trinajstić information content (AvgIpc) is 2.32. The lowest BCUT2D eigenvalue weighted by atomic mass is 10.2. The normalized spacial score (nSPS) is 16.2. The molecule has 1 N–H and O–H groups in total. The predicted molar refractivity (Wildman–Crippen MR) is 41.3 cm³/mol. The second kappa shape index (κ2) is 2.42. The van der Waals surface area contributed by atoms with Crippen LogP contribution >= 0.6 is 0 Å². The first-order valence-electron chi connectivity index (χ1n) is 3.80. The molecule has 0 radical (unpaired) electrons. The Morgan fingerprint density at radius 1 is 1.55 bits per heavy atom. The number of carbonyl (C=O) groups excluding carboxylic acids is 1. The van der Waals surface area contributed by atoms with Crippen LogP contribution in [0.3, 0.4) is 0 Å². The number of nitrogens with one attached hydrogen (secondary N) is 1. The monoisotopic (exact) mass is 150 g/mol. The van der Waals surface area contributed by atoms with Gasteiger partial charge in [0.05, 0.1) is 5.56 Å². The Morgan fingerprint density at radius 2 is 2.36 bits per heavy atom. The van der Waals surface area contributed by atoms with Gasteiger partial charge < -0.3 is 9.88 Å². The minimum absolute atomic E-state index is 0.150. The Morgan fingerprint density at radius 3 is 2.82 bits per heavy atom. The van der Waals surface area contributed by atoms with E-state index in [1.54, 1.807) is 18.5 Å². The van der Waals surface area contributed by atoms with Crippen LogP contribution in [0.25, 0.3) is 0 Å². The number of aromatic amines is 1. The van der Waals surface area contributed by atoms with Crippen LogP contribution in [0.4, 0.5) is 0 Å². The van der Waals surface area contributed by atoms with E-state index in [1.165, 1.54) is 0 Å². The molecule has 1 amide bonds. The molecule has 0 aromatic carbocycles. The number of likely N-dealkylation sites (tertiary alicyclic amines) is 1. The lowest BCUT2D eigenvalue weighted by Crippen LogP contribution is -2.41. The molecule has 0 bridgehead atoms. The van der Waals surface area contributed by atoms with Gasteiger partial charge in [-0.25, -0.2) is 0 Å². The molecule has 3 nitrogen and oxygen atoms in total. The zero-order chi connectivity index (χ0) is 7.68. The van der Waals surface area contributed by atoms with Crippen molar-refractivity contribution in [1.29, 1.82) is 0 Å². The molecule has 2 rings (SSSR count). The summed E-state index contributed by atoms with van der Waals surface area (Å²) in [5.41, 5.74) is 0.768. The van der Waals surface area contributed by atoms with Crippen LogP contribution < -0.4 is 0 Å². The van der Waals surface area contributed by atoms with Crippen LogP contribution in [0, 0.1) is 0 Å². The van der Waals surface area contributed by atoms with Gasteiger partial charge >= 0.3 is 0 Å². The fourth-order valence-corrected chi connectivity index (χ4v) is 1.16. The van der Waals surface area contributed by atoms with E-state index in [4.69, 9.17) is 0 Å². The van der Waals surface area contributed by atoms with E-state index in [-0.39, 0.29) is 5.91 Å². The van der Waals surface area contributed by atoms with E-state index in [2.05, 4.69) is 4.98 Å². The number of H-pyrrole nitrogens is 1. The molecule has 0 atom stereocenters. The highest BCUT2D eigenvalue weighted by atomic mass is 16.2. The molecule has 11 heavy (non-hydrogen) atoms. The standard InChI is InChI=1S/C8H10N2O/c11-8(10-4-1-5-10)7-2-3-9-6-7/h2-3,6,9H,1,4-5H2. The number of nitrogens with zero attached hydrogens (tertiary/aromatic N) is 1. The van der Waals surface area contributed by atoms with E-state index in [1.807, 2.05) is 4.90 Å². The van der Waals surface area contributed by atoms with E-state index < -0.39 is 0 Å². The first-order valence-corrected chi connectivity index (χ1v) is 3.80. The van der Waals surface area contributed by atoms with Gasteiger partial charge in [-0.05, 0) is 12.5 Å². The fraction of sp³-hybridized carbons (Fsp3) is 0.375. The smallest absolute Gasteiger partial charge is 0.255 e.